The van der Waals surface area contributed by atoms with E-state index in [1.165, 1.54) is 12.1 Å². The van der Waals surface area contributed by atoms with Crippen LogP contribution in [0, 0.1) is 11.7 Å². The molecule has 1 N–H and O–H groups in total. The predicted octanol–water partition coefficient (Wildman–Crippen LogP) is 3.79. The third-order valence-electron chi connectivity index (χ3n) is 5.42. The van der Waals surface area contributed by atoms with Crippen LogP contribution >= 0.6 is 11.6 Å². The Labute approximate surface area is 159 Å². The van der Waals surface area contributed by atoms with Crippen molar-refractivity contribution in [3.8, 4) is 0 Å². The van der Waals surface area contributed by atoms with Crippen molar-refractivity contribution in [3.63, 3.8) is 0 Å². The van der Waals surface area contributed by atoms with Crippen LogP contribution in [0.25, 0.3) is 0 Å². The van der Waals surface area contributed by atoms with E-state index in [-0.39, 0.29) is 35.6 Å². The van der Waals surface area contributed by atoms with Gasteiger partial charge in [0.2, 0.25) is 11.8 Å². The molecule has 0 bridgehead atoms. The average Bonchev–Trinajstić information content (AvgIpc) is 3.46. The summed E-state index contributed by atoms with van der Waals surface area (Å²) in [5.74, 6) is -0.285. The Morgan fingerprint density at radius 1 is 1.15 bits per heavy atom. The number of carbonyl (C=O) groups excluding carboxylic acids is 2. The summed E-state index contributed by atoms with van der Waals surface area (Å²) < 4.78 is 13.4. The molecule has 6 heteroatoms. The molecule has 0 spiro atoms. The quantitative estimate of drug-likeness (QED) is 0.763. The molecule has 0 heterocycles. The first kappa shape index (κ1) is 19.2. The van der Waals surface area contributed by atoms with E-state index >= 15 is 0 Å². The molecule has 142 valence electrons. The van der Waals surface area contributed by atoms with E-state index in [1.54, 1.807) is 17.0 Å². The molecule has 4 nitrogen and oxygen atoms in total. The van der Waals surface area contributed by atoms with Gasteiger partial charge in [-0.1, -0.05) is 19.1 Å². The highest BCUT2D eigenvalue weighted by Crippen LogP contribution is 2.35. The summed E-state index contributed by atoms with van der Waals surface area (Å²) in [4.78, 5) is 27.2. The first-order valence-corrected chi connectivity index (χ1v) is 9.96. The minimum atomic E-state index is -0.756. The SMILES string of the molecule is CC1CCC(NC(=O)C(c2ccc(F)cc2)N(C(=O)CCl)C2CC2)CC1. The number of halogens is 2. The Morgan fingerprint density at radius 2 is 1.77 bits per heavy atom. The lowest BCUT2D eigenvalue weighted by Gasteiger charge is -2.34. The van der Waals surface area contributed by atoms with Crippen molar-refractivity contribution >= 4 is 23.4 Å². The molecule has 0 saturated heterocycles. The zero-order valence-electron chi connectivity index (χ0n) is 15.1. The number of nitrogens with one attached hydrogen (secondary N) is 1. The predicted molar refractivity (Wildman–Crippen MR) is 99.3 cm³/mol. The molecule has 1 aromatic rings. The van der Waals surface area contributed by atoms with E-state index in [2.05, 4.69) is 12.2 Å². The van der Waals surface area contributed by atoms with Gasteiger partial charge in [-0.25, -0.2) is 4.39 Å². The second-order valence-corrected chi connectivity index (χ2v) is 7.85. The van der Waals surface area contributed by atoms with Gasteiger partial charge in [0.25, 0.3) is 0 Å². The third kappa shape index (κ3) is 4.56. The molecule has 3 rings (SSSR count). The van der Waals surface area contributed by atoms with Crippen LogP contribution in [-0.2, 0) is 9.59 Å². The number of carbonyl (C=O) groups is 2. The molecule has 2 amide bonds. The van der Waals surface area contributed by atoms with Crippen LogP contribution in [0.15, 0.2) is 24.3 Å². The molecule has 26 heavy (non-hydrogen) atoms. The summed E-state index contributed by atoms with van der Waals surface area (Å²) >= 11 is 5.81. The Kier molecular flexibility index (Phi) is 6.17. The van der Waals surface area contributed by atoms with Gasteiger partial charge in [-0.05, 0) is 62.1 Å². The van der Waals surface area contributed by atoms with Gasteiger partial charge in [-0.15, -0.1) is 11.6 Å². The first-order valence-electron chi connectivity index (χ1n) is 9.42. The number of alkyl halides is 1. The van der Waals surface area contributed by atoms with Crippen molar-refractivity contribution in [2.45, 2.75) is 63.6 Å². The van der Waals surface area contributed by atoms with Crippen molar-refractivity contribution in [2.75, 3.05) is 5.88 Å². The highest BCUT2D eigenvalue weighted by Gasteiger charge is 2.41. The number of benzene rings is 1. The molecular weight excluding hydrogens is 355 g/mol. The van der Waals surface area contributed by atoms with Gasteiger partial charge in [0.15, 0.2) is 0 Å². The molecular formula is C20H26ClFN2O2. The van der Waals surface area contributed by atoms with Crippen LogP contribution in [-0.4, -0.2) is 34.7 Å². The summed E-state index contributed by atoms with van der Waals surface area (Å²) in [5.41, 5.74) is 0.624. The maximum absolute atomic E-state index is 13.4. The Balaban J connectivity index is 1.83. The fourth-order valence-corrected chi connectivity index (χ4v) is 3.89. The number of rotatable bonds is 6. The highest BCUT2D eigenvalue weighted by molar-refractivity contribution is 6.27. The van der Waals surface area contributed by atoms with E-state index in [4.69, 9.17) is 11.6 Å². The summed E-state index contributed by atoms with van der Waals surface area (Å²) in [6.07, 6.45) is 5.84. The zero-order valence-corrected chi connectivity index (χ0v) is 15.8. The van der Waals surface area contributed by atoms with E-state index in [1.807, 2.05) is 0 Å². The van der Waals surface area contributed by atoms with Crippen molar-refractivity contribution in [3.05, 3.63) is 35.6 Å². The molecule has 2 saturated carbocycles. The molecule has 1 aromatic carbocycles. The van der Waals surface area contributed by atoms with Crippen molar-refractivity contribution in [1.82, 2.24) is 10.2 Å². The second-order valence-electron chi connectivity index (χ2n) is 7.59. The molecule has 2 fully saturated rings. The minimum absolute atomic E-state index is 0.0356. The lowest BCUT2D eigenvalue weighted by atomic mass is 9.87. The standard InChI is InChI=1S/C20H26ClFN2O2/c1-13-2-8-16(9-3-13)23-20(26)19(14-4-6-15(22)7-5-14)24(17-10-11-17)18(25)12-21/h4-7,13,16-17,19H,2-3,8-12H2,1H3,(H,23,26). The Bertz CT molecular complexity index is 640. The van der Waals surface area contributed by atoms with Crippen LogP contribution in [0.3, 0.4) is 0 Å². The second kappa shape index (κ2) is 8.38. The zero-order chi connectivity index (χ0) is 18.7. The maximum atomic E-state index is 13.4. The van der Waals surface area contributed by atoms with Crippen LogP contribution in [0.2, 0.25) is 0 Å². The molecule has 1 unspecified atom stereocenters. The first-order chi connectivity index (χ1) is 12.5. The maximum Gasteiger partial charge on any atom is 0.247 e. The van der Waals surface area contributed by atoms with Crippen LogP contribution in [0.5, 0.6) is 0 Å². The van der Waals surface area contributed by atoms with E-state index in [9.17, 15) is 14.0 Å². The number of hydrogen-bond acceptors (Lipinski definition) is 2. The van der Waals surface area contributed by atoms with Gasteiger partial charge in [0.05, 0.1) is 0 Å². The molecule has 1 atom stereocenters. The van der Waals surface area contributed by atoms with Gasteiger partial charge in [-0.3, -0.25) is 9.59 Å². The molecule has 2 aliphatic carbocycles. The van der Waals surface area contributed by atoms with Gasteiger partial charge in [0, 0.05) is 12.1 Å². The monoisotopic (exact) mass is 380 g/mol. The summed E-state index contributed by atoms with van der Waals surface area (Å²) in [6.45, 7) is 2.23. The van der Waals surface area contributed by atoms with E-state index < -0.39 is 6.04 Å². The van der Waals surface area contributed by atoms with Crippen LogP contribution in [0.4, 0.5) is 4.39 Å². The van der Waals surface area contributed by atoms with Gasteiger partial charge < -0.3 is 10.2 Å². The van der Waals surface area contributed by atoms with Crippen LogP contribution < -0.4 is 5.32 Å². The number of amides is 2. The molecule has 0 aromatic heterocycles. The van der Waals surface area contributed by atoms with Gasteiger partial charge >= 0.3 is 0 Å². The van der Waals surface area contributed by atoms with E-state index in [0.29, 0.717) is 11.5 Å². The topological polar surface area (TPSA) is 49.4 Å². The third-order valence-corrected chi connectivity index (χ3v) is 5.65. The number of hydrogen-bond donors (Lipinski definition) is 1. The lowest BCUT2D eigenvalue weighted by Crippen LogP contribution is -2.48. The fraction of sp³-hybridized carbons (Fsp3) is 0.600. The normalized spacial score (nSPS) is 24.0. The highest BCUT2D eigenvalue weighted by atomic mass is 35.5. The Hall–Kier alpha value is -1.62. The van der Waals surface area contributed by atoms with Crippen molar-refractivity contribution < 1.29 is 14.0 Å². The molecule has 0 aliphatic heterocycles. The minimum Gasteiger partial charge on any atom is -0.351 e. The average molecular weight is 381 g/mol. The van der Waals surface area contributed by atoms with E-state index in [0.717, 1.165) is 38.5 Å². The van der Waals surface area contributed by atoms with Gasteiger partial charge in [-0.2, -0.15) is 0 Å². The Morgan fingerprint density at radius 3 is 2.31 bits per heavy atom. The lowest BCUT2D eigenvalue weighted by molar-refractivity contribution is -0.140. The summed E-state index contributed by atoms with van der Waals surface area (Å²) in [6, 6.07) is 5.23. The van der Waals surface area contributed by atoms with Crippen LogP contribution in [0.1, 0.15) is 57.1 Å². The summed E-state index contributed by atoms with van der Waals surface area (Å²) in [7, 11) is 0. The van der Waals surface area contributed by atoms with Crippen molar-refractivity contribution in [1.29, 1.82) is 0 Å². The van der Waals surface area contributed by atoms with Gasteiger partial charge in [0.1, 0.15) is 17.7 Å². The fourth-order valence-electron chi connectivity index (χ4n) is 3.75. The molecule has 2 aliphatic rings. The molecule has 0 radical (unpaired) electrons. The van der Waals surface area contributed by atoms with Crippen molar-refractivity contribution in [2.24, 2.45) is 5.92 Å². The smallest absolute Gasteiger partial charge is 0.247 e. The summed E-state index contributed by atoms with van der Waals surface area (Å²) in [5, 5.41) is 3.13. The number of nitrogens with zero attached hydrogens (tertiary/aromatic N) is 1. The largest absolute Gasteiger partial charge is 0.351 e.